The predicted molar refractivity (Wildman–Crippen MR) is 85.0 cm³/mol. The average Bonchev–Trinajstić information content (AvgIpc) is 2.88. The molecule has 0 saturated carbocycles. The molecule has 0 aromatic carbocycles. The fourth-order valence-electron chi connectivity index (χ4n) is 2.96. The molecule has 136 valence electrons. The Hall–Kier alpha value is -0.240. The van der Waals surface area contributed by atoms with Gasteiger partial charge >= 0.3 is 0 Å². The summed E-state index contributed by atoms with van der Waals surface area (Å²) in [4.78, 5) is 0. The van der Waals surface area contributed by atoms with Crippen molar-refractivity contribution < 1.29 is 29.2 Å². The van der Waals surface area contributed by atoms with Crippen LogP contribution < -0.4 is 0 Å². The molecule has 23 heavy (non-hydrogen) atoms. The first-order valence-corrected chi connectivity index (χ1v) is 9.07. The van der Waals surface area contributed by atoms with E-state index in [1.54, 1.807) is 0 Å². The van der Waals surface area contributed by atoms with Gasteiger partial charge in [-0.1, -0.05) is 19.3 Å². The van der Waals surface area contributed by atoms with E-state index >= 15 is 0 Å². The lowest BCUT2D eigenvalue weighted by Crippen LogP contribution is -2.18. The molecule has 0 amide bonds. The van der Waals surface area contributed by atoms with Crippen LogP contribution in [0.1, 0.15) is 57.8 Å². The Morgan fingerprint density at radius 2 is 1.48 bits per heavy atom. The van der Waals surface area contributed by atoms with Crippen molar-refractivity contribution in [2.75, 3.05) is 26.4 Å². The van der Waals surface area contributed by atoms with Gasteiger partial charge in [-0.25, -0.2) is 0 Å². The third-order valence-corrected chi connectivity index (χ3v) is 4.37. The first kappa shape index (κ1) is 19.1. The van der Waals surface area contributed by atoms with Crippen LogP contribution in [0, 0.1) is 0 Å². The van der Waals surface area contributed by atoms with Crippen LogP contribution in [-0.2, 0) is 18.9 Å². The van der Waals surface area contributed by atoms with Crippen molar-refractivity contribution in [3.8, 4) is 0 Å². The average molecular weight is 332 g/mol. The maximum absolute atomic E-state index is 9.47. The molecule has 6 nitrogen and oxygen atoms in total. The molecule has 2 saturated heterocycles. The van der Waals surface area contributed by atoms with Crippen molar-refractivity contribution in [2.24, 2.45) is 0 Å². The van der Waals surface area contributed by atoms with Gasteiger partial charge in [-0.15, -0.1) is 0 Å². The fraction of sp³-hybridized carbons (Fsp3) is 1.00. The summed E-state index contributed by atoms with van der Waals surface area (Å²) in [5.41, 5.74) is 0. The van der Waals surface area contributed by atoms with E-state index in [2.05, 4.69) is 0 Å². The highest BCUT2D eigenvalue weighted by atomic mass is 16.7. The maximum atomic E-state index is 9.47. The summed E-state index contributed by atoms with van der Waals surface area (Å²) in [6, 6.07) is 0. The summed E-state index contributed by atoms with van der Waals surface area (Å²) < 4.78 is 22.3. The molecule has 0 aromatic heterocycles. The maximum Gasteiger partial charge on any atom is 0.158 e. The molecule has 2 aliphatic heterocycles. The number of ether oxygens (including phenoxy) is 4. The molecule has 2 aliphatic rings. The molecule has 0 radical (unpaired) electrons. The third kappa shape index (κ3) is 7.92. The fourth-order valence-corrected chi connectivity index (χ4v) is 2.96. The highest BCUT2D eigenvalue weighted by molar-refractivity contribution is 4.65. The van der Waals surface area contributed by atoms with E-state index in [0.717, 1.165) is 25.7 Å². The summed E-state index contributed by atoms with van der Waals surface area (Å²) in [6.45, 7) is 1.75. The SMILES string of the molecule is OCCC1COC(CCCCCCCC2OCCC(O)CO2)O1. The van der Waals surface area contributed by atoms with Crippen molar-refractivity contribution >= 4 is 0 Å². The quantitative estimate of drug-likeness (QED) is 0.596. The number of hydrogen-bond acceptors (Lipinski definition) is 6. The van der Waals surface area contributed by atoms with Crippen LogP contribution in [0.15, 0.2) is 0 Å². The van der Waals surface area contributed by atoms with E-state index in [4.69, 9.17) is 24.1 Å². The third-order valence-electron chi connectivity index (χ3n) is 4.37. The second-order valence-corrected chi connectivity index (χ2v) is 6.45. The Morgan fingerprint density at radius 3 is 2.26 bits per heavy atom. The van der Waals surface area contributed by atoms with E-state index in [9.17, 15) is 5.11 Å². The number of aliphatic hydroxyl groups is 2. The lowest BCUT2D eigenvalue weighted by Gasteiger charge is -2.15. The summed E-state index contributed by atoms with van der Waals surface area (Å²) in [6.07, 6.45) is 8.40. The van der Waals surface area contributed by atoms with Crippen LogP contribution in [0.25, 0.3) is 0 Å². The van der Waals surface area contributed by atoms with E-state index in [-0.39, 0.29) is 31.4 Å². The molecule has 2 rings (SSSR count). The van der Waals surface area contributed by atoms with E-state index in [1.165, 1.54) is 19.3 Å². The molecule has 0 aliphatic carbocycles. The minimum Gasteiger partial charge on any atom is -0.396 e. The Bertz CT molecular complexity index is 301. The standard InChI is InChI=1S/C17H32O6/c18-10-8-15-13-22-17(23-15)7-5-3-1-2-4-6-16-20-11-9-14(19)12-21-16/h14-19H,1-13H2. The van der Waals surface area contributed by atoms with Gasteiger partial charge in [-0.2, -0.15) is 0 Å². The first-order chi connectivity index (χ1) is 11.3. The highest BCUT2D eigenvalue weighted by Crippen LogP contribution is 2.20. The second-order valence-electron chi connectivity index (χ2n) is 6.45. The van der Waals surface area contributed by atoms with Crippen LogP contribution in [0.5, 0.6) is 0 Å². The van der Waals surface area contributed by atoms with Crippen LogP contribution in [0.2, 0.25) is 0 Å². The topological polar surface area (TPSA) is 77.4 Å². The van der Waals surface area contributed by atoms with Crippen molar-refractivity contribution in [3.05, 3.63) is 0 Å². The van der Waals surface area contributed by atoms with Gasteiger partial charge in [0, 0.05) is 6.61 Å². The van der Waals surface area contributed by atoms with E-state index < -0.39 is 0 Å². The first-order valence-electron chi connectivity index (χ1n) is 9.07. The molecule has 2 N–H and O–H groups in total. The lowest BCUT2D eigenvalue weighted by molar-refractivity contribution is -0.135. The molecule has 4 atom stereocenters. The van der Waals surface area contributed by atoms with Gasteiger partial charge in [0.25, 0.3) is 0 Å². The smallest absolute Gasteiger partial charge is 0.158 e. The van der Waals surface area contributed by atoms with Crippen molar-refractivity contribution in [3.63, 3.8) is 0 Å². The van der Waals surface area contributed by atoms with Crippen LogP contribution in [0.3, 0.4) is 0 Å². The summed E-state index contributed by atoms with van der Waals surface area (Å²) >= 11 is 0. The Morgan fingerprint density at radius 1 is 0.783 bits per heavy atom. The normalized spacial score (nSPS) is 32.1. The Balaban J connectivity index is 1.40. The molecule has 2 fully saturated rings. The molecule has 0 aromatic rings. The number of hydrogen-bond donors (Lipinski definition) is 2. The summed E-state index contributed by atoms with van der Waals surface area (Å²) in [5.74, 6) is 0. The van der Waals surface area contributed by atoms with E-state index in [0.29, 0.717) is 32.7 Å². The molecule has 4 unspecified atom stereocenters. The molecule has 0 bridgehead atoms. The molecule has 2 heterocycles. The van der Waals surface area contributed by atoms with Crippen LogP contribution >= 0.6 is 0 Å². The monoisotopic (exact) mass is 332 g/mol. The Labute approximate surface area is 139 Å². The van der Waals surface area contributed by atoms with Crippen molar-refractivity contribution in [2.45, 2.75) is 82.6 Å². The van der Waals surface area contributed by atoms with Gasteiger partial charge in [-0.3, -0.25) is 0 Å². The zero-order valence-corrected chi connectivity index (χ0v) is 14.0. The van der Waals surface area contributed by atoms with Crippen LogP contribution in [-0.4, -0.2) is 61.4 Å². The molecular formula is C17H32O6. The largest absolute Gasteiger partial charge is 0.396 e. The number of aliphatic hydroxyl groups excluding tert-OH is 2. The van der Waals surface area contributed by atoms with Crippen LogP contribution in [0.4, 0.5) is 0 Å². The lowest BCUT2D eigenvalue weighted by atomic mass is 10.1. The van der Waals surface area contributed by atoms with Gasteiger partial charge in [0.1, 0.15) is 0 Å². The zero-order valence-electron chi connectivity index (χ0n) is 14.0. The van der Waals surface area contributed by atoms with Gasteiger partial charge in [0.05, 0.1) is 32.0 Å². The minimum absolute atomic E-state index is 0.0723. The molecule has 0 spiro atoms. The van der Waals surface area contributed by atoms with E-state index in [1.807, 2.05) is 0 Å². The zero-order chi connectivity index (χ0) is 16.3. The number of rotatable bonds is 10. The minimum atomic E-state index is -0.378. The molecular weight excluding hydrogens is 300 g/mol. The van der Waals surface area contributed by atoms with Crippen molar-refractivity contribution in [1.29, 1.82) is 0 Å². The van der Waals surface area contributed by atoms with Gasteiger partial charge in [-0.05, 0) is 38.5 Å². The predicted octanol–water partition coefficient (Wildman–Crippen LogP) is 1.96. The van der Waals surface area contributed by atoms with Gasteiger partial charge in [0.15, 0.2) is 12.6 Å². The molecule has 6 heteroatoms. The second kappa shape index (κ2) is 11.3. The summed E-state index contributed by atoms with van der Waals surface area (Å²) in [5, 5.41) is 18.3. The highest BCUT2D eigenvalue weighted by Gasteiger charge is 2.24. The van der Waals surface area contributed by atoms with Gasteiger partial charge in [0.2, 0.25) is 0 Å². The summed E-state index contributed by atoms with van der Waals surface area (Å²) in [7, 11) is 0. The van der Waals surface area contributed by atoms with Gasteiger partial charge < -0.3 is 29.2 Å². The Kier molecular flexibility index (Phi) is 9.41. The van der Waals surface area contributed by atoms with Crippen molar-refractivity contribution in [1.82, 2.24) is 0 Å². The number of unbranched alkanes of at least 4 members (excludes halogenated alkanes) is 4.